The molecule has 2 rings (SSSR count). The van der Waals surface area contributed by atoms with E-state index >= 15 is 0 Å². The molecule has 112 valence electrons. The lowest BCUT2D eigenvalue weighted by atomic mass is 10.2. The number of benzene rings is 1. The van der Waals surface area contributed by atoms with E-state index in [2.05, 4.69) is 23.9 Å². The van der Waals surface area contributed by atoms with Gasteiger partial charge in [0.15, 0.2) is 0 Å². The molecular weight excluding hydrogens is 272 g/mol. The summed E-state index contributed by atoms with van der Waals surface area (Å²) >= 11 is 0. The van der Waals surface area contributed by atoms with Crippen molar-refractivity contribution in [2.45, 2.75) is 50.6 Å². The Bertz CT molecular complexity index is 519. The fraction of sp³-hybridized carbons (Fsp3) is 0.600. The van der Waals surface area contributed by atoms with Crippen LogP contribution in [-0.4, -0.2) is 21.0 Å². The number of hydrogen-bond donors (Lipinski definition) is 2. The Morgan fingerprint density at radius 3 is 2.40 bits per heavy atom. The van der Waals surface area contributed by atoms with Crippen molar-refractivity contribution in [3.8, 4) is 0 Å². The van der Waals surface area contributed by atoms with E-state index in [0.29, 0.717) is 17.5 Å². The van der Waals surface area contributed by atoms with Gasteiger partial charge in [0.25, 0.3) is 0 Å². The van der Waals surface area contributed by atoms with Crippen molar-refractivity contribution < 1.29 is 8.42 Å². The van der Waals surface area contributed by atoms with E-state index in [1.54, 1.807) is 12.1 Å². The third kappa shape index (κ3) is 4.89. The summed E-state index contributed by atoms with van der Waals surface area (Å²) in [5.74, 6) is 0.738. The van der Waals surface area contributed by atoms with Crippen LogP contribution in [0.25, 0.3) is 0 Å². The molecule has 4 nitrogen and oxygen atoms in total. The number of hydrogen-bond acceptors (Lipinski definition) is 3. The Kier molecular flexibility index (Phi) is 5.18. The van der Waals surface area contributed by atoms with Crippen LogP contribution in [0.5, 0.6) is 0 Å². The van der Waals surface area contributed by atoms with Crippen molar-refractivity contribution in [1.29, 1.82) is 0 Å². The van der Waals surface area contributed by atoms with Crippen molar-refractivity contribution in [2.24, 2.45) is 5.92 Å². The van der Waals surface area contributed by atoms with Crippen molar-refractivity contribution >= 4 is 10.0 Å². The van der Waals surface area contributed by atoms with E-state index in [1.165, 1.54) is 12.8 Å². The fourth-order valence-corrected chi connectivity index (χ4v) is 3.04. The molecule has 0 amide bonds. The summed E-state index contributed by atoms with van der Waals surface area (Å²) < 4.78 is 26.8. The first kappa shape index (κ1) is 15.5. The lowest BCUT2D eigenvalue weighted by molar-refractivity contribution is 0.574. The molecule has 0 aliphatic heterocycles. The maximum Gasteiger partial charge on any atom is 0.240 e. The summed E-state index contributed by atoms with van der Waals surface area (Å²) in [5.41, 5.74) is 1.09. The van der Waals surface area contributed by atoms with Gasteiger partial charge in [-0.25, -0.2) is 13.1 Å². The molecule has 0 heterocycles. The van der Waals surface area contributed by atoms with E-state index in [-0.39, 0.29) is 0 Å². The molecule has 1 aliphatic rings. The van der Waals surface area contributed by atoms with Gasteiger partial charge in [0.2, 0.25) is 10.0 Å². The van der Waals surface area contributed by atoms with Crippen molar-refractivity contribution in [3.63, 3.8) is 0 Å². The highest BCUT2D eigenvalue weighted by atomic mass is 32.2. The monoisotopic (exact) mass is 296 g/mol. The van der Waals surface area contributed by atoms with E-state index < -0.39 is 10.0 Å². The summed E-state index contributed by atoms with van der Waals surface area (Å²) in [7, 11) is -3.35. The van der Waals surface area contributed by atoms with Crippen molar-refractivity contribution in [3.05, 3.63) is 29.8 Å². The predicted molar refractivity (Wildman–Crippen MR) is 80.9 cm³/mol. The normalized spacial score (nSPS) is 15.8. The van der Waals surface area contributed by atoms with Gasteiger partial charge in [0.1, 0.15) is 0 Å². The molecule has 1 aromatic rings. The van der Waals surface area contributed by atoms with Crippen LogP contribution < -0.4 is 10.0 Å². The second-order valence-corrected chi connectivity index (χ2v) is 7.58. The van der Waals surface area contributed by atoms with Crippen LogP contribution in [0.4, 0.5) is 0 Å². The highest BCUT2D eigenvalue weighted by Crippen LogP contribution is 2.31. The van der Waals surface area contributed by atoms with Gasteiger partial charge in [-0.15, -0.1) is 0 Å². The number of sulfonamides is 1. The molecule has 1 aliphatic carbocycles. The molecule has 2 N–H and O–H groups in total. The molecular formula is C15H24N2O2S. The zero-order valence-electron chi connectivity index (χ0n) is 12.2. The van der Waals surface area contributed by atoms with Crippen LogP contribution in [0.2, 0.25) is 0 Å². The highest BCUT2D eigenvalue weighted by molar-refractivity contribution is 7.89. The van der Waals surface area contributed by atoms with Gasteiger partial charge in [0, 0.05) is 19.1 Å². The quantitative estimate of drug-likeness (QED) is 0.773. The van der Waals surface area contributed by atoms with Crippen LogP contribution >= 0.6 is 0 Å². The van der Waals surface area contributed by atoms with E-state index in [9.17, 15) is 8.42 Å². The molecule has 0 atom stereocenters. The zero-order chi connectivity index (χ0) is 14.6. The molecule has 20 heavy (non-hydrogen) atoms. The summed E-state index contributed by atoms with van der Waals surface area (Å²) in [4.78, 5) is 0.349. The lowest BCUT2D eigenvalue weighted by Crippen LogP contribution is -2.25. The zero-order valence-corrected chi connectivity index (χ0v) is 13.0. The van der Waals surface area contributed by atoms with E-state index in [4.69, 9.17) is 0 Å². The summed E-state index contributed by atoms with van der Waals surface area (Å²) in [6.07, 6.45) is 3.45. The van der Waals surface area contributed by atoms with E-state index in [1.807, 2.05) is 12.1 Å². The second kappa shape index (κ2) is 6.70. The predicted octanol–water partition coefficient (Wildman–Crippen LogP) is 2.26. The fourth-order valence-electron chi connectivity index (χ4n) is 2.00. The van der Waals surface area contributed by atoms with Gasteiger partial charge < -0.3 is 5.32 Å². The van der Waals surface area contributed by atoms with E-state index in [0.717, 1.165) is 24.4 Å². The molecule has 1 fully saturated rings. The first-order valence-corrected chi connectivity index (χ1v) is 8.77. The average molecular weight is 296 g/mol. The molecule has 0 spiro atoms. The Morgan fingerprint density at radius 2 is 1.85 bits per heavy atom. The number of rotatable bonds is 8. The summed E-state index contributed by atoms with van der Waals surface area (Å²) in [6.45, 7) is 5.47. The maximum atomic E-state index is 12.1. The average Bonchev–Trinajstić information content (AvgIpc) is 3.21. The largest absolute Gasteiger partial charge is 0.310 e. The van der Waals surface area contributed by atoms with Crippen LogP contribution in [0.3, 0.4) is 0 Å². The molecule has 5 heteroatoms. The second-order valence-electron chi connectivity index (χ2n) is 5.81. The topological polar surface area (TPSA) is 58.2 Å². The minimum absolute atomic E-state index is 0.349. The smallest absolute Gasteiger partial charge is 0.240 e. The Balaban J connectivity index is 1.89. The SMILES string of the molecule is CC(C)NCc1ccc(S(=O)(=O)NCCC2CC2)cc1. The van der Waals surface area contributed by atoms with Gasteiger partial charge in [0.05, 0.1) is 4.90 Å². The van der Waals surface area contributed by atoms with Crippen LogP contribution in [0, 0.1) is 5.92 Å². The van der Waals surface area contributed by atoms with Crippen molar-refractivity contribution in [1.82, 2.24) is 10.0 Å². The minimum atomic E-state index is -3.35. The summed E-state index contributed by atoms with van der Waals surface area (Å²) in [5, 5.41) is 3.31. The molecule has 0 unspecified atom stereocenters. The molecule has 1 saturated carbocycles. The lowest BCUT2D eigenvalue weighted by Gasteiger charge is -2.09. The minimum Gasteiger partial charge on any atom is -0.310 e. The third-order valence-corrected chi connectivity index (χ3v) is 4.97. The first-order valence-electron chi connectivity index (χ1n) is 7.29. The van der Waals surface area contributed by atoms with Gasteiger partial charge in [-0.05, 0) is 30.0 Å². The van der Waals surface area contributed by atoms with Crippen LogP contribution in [0.15, 0.2) is 29.2 Å². The molecule has 0 saturated heterocycles. The molecule has 0 radical (unpaired) electrons. The Hall–Kier alpha value is -0.910. The van der Waals surface area contributed by atoms with Gasteiger partial charge in [-0.2, -0.15) is 0 Å². The third-order valence-electron chi connectivity index (χ3n) is 3.49. The first-order chi connectivity index (χ1) is 9.47. The van der Waals surface area contributed by atoms with Gasteiger partial charge in [-0.1, -0.05) is 38.8 Å². The van der Waals surface area contributed by atoms with Crippen molar-refractivity contribution in [2.75, 3.05) is 6.54 Å². The molecule has 1 aromatic carbocycles. The van der Waals surface area contributed by atoms with Crippen LogP contribution in [-0.2, 0) is 16.6 Å². The van der Waals surface area contributed by atoms with Crippen LogP contribution in [0.1, 0.15) is 38.7 Å². The molecule has 0 aromatic heterocycles. The standard InChI is InChI=1S/C15H24N2O2S/c1-12(2)16-11-14-5-7-15(8-6-14)20(18,19)17-10-9-13-3-4-13/h5-8,12-13,16-17H,3-4,9-11H2,1-2H3. The highest BCUT2D eigenvalue weighted by Gasteiger charge is 2.22. The molecule has 0 bridgehead atoms. The Morgan fingerprint density at radius 1 is 1.20 bits per heavy atom. The van der Waals surface area contributed by atoms with Gasteiger partial charge in [-0.3, -0.25) is 0 Å². The summed E-state index contributed by atoms with van der Waals surface area (Å²) in [6, 6.07) is 7.51. The maximum absolute atomic E-state index is 12.1. The Labute approximate surface area is 122 Å². The van der Waals surface area contributed by atoms with Gasteiger partial charge >= 0.3 is 0 Å². The number of nitrogens with one attached hydrogen (secondary N) is 2.